The second-order valence-electron chi connectivity index (χ2n) is 11.1. The Hall–Kier alpha value is -3.82. The Morgan fingerprint density at radius 1 is 0.900 bits per heavy atom. The van der Waals surface area contributed by atoms with Crippen molar-refractivity contribution in [1.82, 2.24) is 24.3 Å². The molecule has 0 radical (unpaired) electrons. The summed E-state index contributed by atoms with van der Waals surface area (Å²) in [6.45, 7) is 6.87. The van der Waals surface area contributed by atoms with Crippen LogP contribution in [0.25, 0.3) is 11.0 Å². The highest BCUT2D eigenvalue weighted by molar-refractivity contribution is 5.74. The molecule has 3 aliphatic rings. The van der Waals surface area contributed by atoms with Gasteiger partial charge in [-0.2, -0.15) is 0 Å². The van der Waals surface area contributed by atoms with Crippen LogP contribution in [0.15, 0.2) is 65.7 Å². The minimum absolute atomic E-state index is 0.0719. The third-order valence-electron chi connectivity index (χ3n) is 8.64. The standard InChI is InChI=1S/C31H32FN5O3/c32-23-15-27-26(34-17-23)5-6-30(38)37(27)12-11-35-9-7-31(8-10-35)21-36(19-22-3-1-2-4-25(22)31)20-24-16-28-29(18-33-24)40-14-13-39-28/h1-6,15-18H,7-14,19-21H2. The number of halogens is 1. The van der Waals surface area contributed by atoms with Gasteiger partial charge in [-0.25, -0.2) is 4.39 Å². The first kappa shape index (κ1) is 25.2. The van der Waals surface area contributed by atoms with Gasteiger partial charge in [0.15, 0.2) is 11.5 Å². The molecule has 1 spiro atoms. The number of benzene rings is 1. The summed E-state index contributed by atoms with van der Waals surface area (Å²) in [5.41, 5.74) is 4.96. The summed E-state index contributed by atoms with van der Waals surface area (Å²) < 4.78 is 27.0. The third kappa shape index (κ3) is 4.73. The molecule has 0 atom stereocenters. The van der Waals surface area contributed by atoms with Crippen LogP contribution < -0.4 is 15.0 Å². The summed E-state index contributed by atoms with van der Waals surface area (Å²) in [6, 6.07) is 15.4. The van der Waals surface area contributed by atoms with E-state index < -0.39 is 5.82 Å². The zero-order chi connectivity index (χ0) is 27.1. The number of pyridine rings is 3. The number of hydrogen-bond donors (Lipinski definition) is 0. The van der Waals surface area contributed by atoms with Crippen LogP contribution >= 0.6 is 0 Å². The normalized spacial score (nSPS) is 18.6. The third-order valence-corrected chi connectivity index (χ3v) is 8.64. The van der Waals surface area contributed by atoms with Gasteiger partial charge in [0, 0.05) is 56.3 Å². The van der Waals surface area contributed by atoms with Gasteiger partial charge in [0.1, 0.15) is 19.0 Å². The second kappa shape index (κ2) is 10.3. The summed E-state index contributed by atoms with van der Waals surface area (Å²) in [5, 5.41) is 0. The first-order valence-corrected chi connectivity index (χ1v) is 14.0. The van der Waals surface area contributed by atoms with E-state index in [4.69, 9.17) is 9.47 Å². The zero-order valence-corrected chi connectivity index (χ0v) is 22.4. The average Bonchev–Trinajstić information content (AvgIpc) is 2.97. The fourth-order valence-electron chi connectivity index (χ4n) is 6.65. The number of piperidine rings is 1. The van der Waals surface area contributed by atoms with Crippen molar-refractivity contribution in [2.24, 2.45) is 0 Å². The fraction of sp³-hybridized carbons (Fsp3) is 0.387. The molecule has 1 aromatic carbocycles. The number of fused-ring (bicyclic) bond motifs is 4. The van der Waals surface area contributed by atoms with Gasteiger partial charge in [-0.1, -0.05) is 24.3 Å². The van der Waals surface area contributed by atoms with Crippen molar-refractivity contribution in [2.45, 2.75) is 37.9 Å². The van der Waals surface area contributed by atoms with Crippen molar-refractivity contribution >= 4 is 11.0 Å². The molecule has 0 unspecified atom stereocenters. The van der Waals surface area contributed by atoms with Crippen LogP contribution in [0.3, 0.4) is 0 Å². The Morgan fingerprint density at radius 2 is 1.73 bits per heavy atom. The summed E-state index contributed by atoms with van der Waals surface area (Å²) in [5.74, 6) is 1.06. The molecule has 0 N–H and O–H groups in total. The Balaban J connectivity index is 1.06. The van der Waals surface area contributed by atoms with Gasteiger partial charge < -0.3 is 18.9 Å². The van der Waals surface area contributed by atoms with Crippen molar-refractivity contribution in [3.05, 3.63) is 93.9 Å². The number of aromatic nitrogens is 3. The van der Waals surface area contributed by atoms with Gasteiger partial charge in [-0.3, -0.25) is 19.7 Å². The van der Waals surface area contributed by atoms with E-state index in [1.54, 1.807) is 16.8 Å². The van der Waals surface area contributed by atoms with Crippen molar-refractivity contribution in [1.29, 1.82) is 0 Å². The van der Waals surface area contributed by atoms with Crippen LogP contribution in [-0.2, 0) is 25.0 Å². The molecule has 0 saturated carbocycles. The van der Waals surface area contributed by atoms with Crippen molar-refractivity contribution in [3.63, 3.8) is 0 Å². The molecule has 4 aromatic rings. The maximum atomic E-state index is 13.9. The van der Waals surface area contributed by atoms with Crippen molar-refractivity contribution in [3.8, 4) is 11.5 Å². The fourth-order valence-corrected chi connectivity index (χ4v) is 6.65. The summed E-state index contributed by atoms with van der Waals surface area (Å²) >= 11 is 0. The lowest BCUT2D eigenvalue weighted by atomic mass is 9.69. The van der Waals surface area contributed by atoms with Gasteiger partial charge in [0.05, 0.1) is 29.1 Å². The molecular formula is C31H32FN5O3. The maximum absolute atomic E-state index is 13.9. The molecule has 0 bridgehead atoms. The molecule has 6 heterocycles. The van der Waals surface area contributed by atoms with E-state index in [1.807, 2.05) is 6.07 Å². The summed E-state index contributed by atoms with van der Waals surface area (Å²) in [4.78, 5) is 26.4. The second-order valence-corrected chi connectivity index (χ2v) is 11.1. The maximum Gasteiger partial charge on any atom is 0.251 e. The molecule has 40 heavy (non-hydrogen) atoms. The first-order valence-electron chi connectivity index (χ1n) is 14.0. The SMILES string of the molecule is O=c1ccc2ncc(F)cc2n1CCN1CCC2(CC1)CN(Cc1cc3c(cn1)OCCO3)Cc1ccccc12. The van der Waals surface area contributed by atoms with Crippen LogP contribution in [-0.4, -0.2) is 63.7 Å². The minimum atomic E-state index is -0.432. The Bertz CT molecular complexity index is 1610. The molecule has 0 aliphatic carbocycles. The van der Waals surface area contributed by atoms with E-state index in [2.05, 4.69) is 44.0 Å². The number of likely N-dealkylation sites (tertiary alicyclic amines) is 1. The predicted octanol–water partition coefficient (Wildman–Crippen LogP) is 3.75. The zero-order valence-electron chi connectivity index (χ0n) is 22.4. The average molecular weight is 542 g/mol. The van der Waals surface area contributed by atoms with E-state index in [0.29, 0.717) is 30.8 Å². The highest BCUT2D eigenvalue weighted by Gasteiger charge is 2.41. The molecule has 3 aromatic heterocycles. The molecule has 1 fully saturated rings. The lowest BCUT2D eigenvalue weighted by Gasteiger charge is -2.49. The molecule has 9 heteroatoms. The molecule has 8 nitrogen and oxygen atoms in total. The van der Waals surface area contributed by atoms with Gasteiger partial charge in [-0.05, 0) is 43.1 Å². The Morgan fingerprint density at radius 3 is 2.60 bits per heavy atom. The van der Waals surface area contributed by atoms with Gasteiger partial charge in [0.25, 0.3) is 5.56 Å². The van der Waals surface area contributed by atoms with E-state index in [1.165, 1.54) is 29.5 Å². The van der Waals surface area contributed by atoms with Gasteiger partial charge in [-0.15, -0.1) is 0 Å². The number of nitrogens with zero attached hydrogens (tertiary/aromatic N) is 5. The number of rotatable bonds is 5. The van der Waals surface area contributed by atoms with Gasteiger partial charge >= 0.3 is 0 Å². The monoisotopic (exact) mass is 541 g/mol. The Labute approximate surface area is 232 Å². The summed E-state index contributed by atoms with van der Waals surface area (Å²) in [6.07, 6.45) is 5.05. The van der Waals surface area contributed by atoms with Crippen LogP contribution in [0.4, 0.5) is 4.39 Å². The smallest absolute Gasteiger partial charge is 0.251 e. The van der Waals surface area contributed by atoms with Crippen molar-refractivity contribution in [2.75, 3.05) is 39.4 Å². The first-order chi connectivity index (χ1) is 19.6. The van der Waals surface area contributed by atoms with Crippen molar-refractivity contribution < 1.29 is 13.9 Å². The lowest BCUT2D eigenvalue weighted by molar-refractivity contribution is 0.0917. The quantitative estimate of drug-likeness (QED) is 0.381. The molecular weight excluding hydrogens is 509 g/mol. The van der Waals surface area contributed by atoms with E-state index in [9.17, 15) is 9.18 Å². The highest BCUT2D eigenvalue weighted by Crippen LogP contribution is 2.42. The molecule has 206 valence electrons. The lowest BCUT2D eigenvalue weighted by Crippen LogP contribution is -2.52. The van der Waals surface area contributed by atoms with Gasteiger partial charge in [0.2, 0.25) is 0 Å². The largest absolute Gasteiger partial charge is 0.486 e. The van der Waals surface area contributed by atoms with Crippen LogP contribution in [0.1, 0.15) is 29.7 Å². The molecule has 1 saturated heterocycles. The van der Waals surface area contributed by atoms with Crippen LogP contribution in [0.5, 0.6) is 11.5 Å². The van der Waals surface area contributed by atoms with E-state index >= 15 is 0 Å². The van der Waals surface area contributed by atoms with Crippen LogP contribution in [0.2, 0.25) is 0 Å². The van der Waals surface area contributed by atoms with Crippen LogP contribution in [0, 0.1) is 5.82 Å². The van der Waals surface area contributed by atoms with E-state index in [0.717, 1.165) is 69.3 Å². The highest BCUT2D eigenvalue weighted by atomic mass is 19.1. The number of ether oxygens (including phenoxy) is 2. The molecule has 3 aliphatic heterocycles. The number of hydrogen-bond acceptors (Lipinski definition) is 7. The Kier molecular flexibility index (Phi) is 6.48. The van der Waals surface area contributed by atoms with E-state index in [-0.39, 0.29) is 11.0 Å². The summed E-state index contributed by atoms with van der Waals surface area (Å²) in [7, 11) is 0. The molecule has 7 rings (SSSR count). The topological polar surface area (TPSA) is 72.7 Å². The minimum Gasteiger partial charge on any atom is -0.486 e. The predicted molar refractivity (Wildman–Crippen MR) is 149 cm³/mol. The molecule has 0 amide bonds.